The van der Waals surface area contributed by atoms with Gasteiger partial charge in [0.25, 0.3) is 5.69 Å². The van der Waals surface area contributed by atoms with E-state index < -0.39 is 10.9 Å². The van der Waals surface area contributed by atoms with Gasteiger partial charge in [0.2, 0.25) is 0 Å². The molecule has 1 heterocycles. The van der Waals surface area contributed by atoms with Crippen LogP contribution in [0.25, 0.3) is 5.69 Å². The fourth-order valence-electron chi connectivity index (χ4n) is 2.13. The van der Waals surface area contributed by atoms with Gasteiger partial charge in [-0.1, -0.05) is 6.07 Å². The highest BCUT2D eigenvalue weighted by Crippen LogP contribution is 2.24. The van der Waals surface area contributed by atoms with Crippen LogP contribution >= 0.6 is 0 Å². The molecule has 7 nitrogen and oxygen atoms in total. The number of benzene rings is 1. The maximum atomic E-state index is 11.2. The standard InChI is InChI=1S/C13H13N3O4/c1-7-4-5-10(16(19)20)6-11(7)15-9(3)12(13(17)18)8(2)14-15/h4-6H,1-3H3,(H,17,18). The molecule has 1 aromatic carbocycles. The Morgan fingerprint density at radius 1 is 1.35 bits per heavy atom. The van der Waals surface area contributed by atoms with Crippen molar-refractivity contribution in [2.75, 3.05) is 0 Å². The lowest BCUT2D eigenvalue weighted by molar-refractivity contribution is -0.384. The third kappa shape index (κ3) is 2.13. The summed E-state index contributed by atoms with van der Waals surface area (Å²) in [5, 5.41) is 24.2. The SMILES string of the molecule is Cc1ccc([N+](=O)[O-])cc1-n1nc(C)c(C(=O)O)c1C. The molecule has 2 aromatic rings. The highest BCUT2D eigenvalue weighted by molar-refractivity contribution is 5.90. The van der Waals surface area contributed by atoms with Crippen LogP contribution in [0.2, 0.25) is 0 Å². The molecule has 0 aliphatic heterocycles. The van der Waals surface area contributed by atoms with Crippen molar-refractivity contribution in [1.29, 1.82) is 0 Å². The van der Waals surface area contributed by atoms with Gasteiger partial charge in [-0.3, -0.25) is 10.1 Å². The number of nitro benzene ring substituents is 1. The van der Waals surface area contributed by atoms with Crippen molar-refractivity contribution in [1.82, 2.24) is 9.78 Å². The molecule has 0 saturated carbocycles. The Morgan fingerprint density at radius 3 is 2.50 bits per heavy atom. The van der Waals surface area contributed by atoms with Crippen molar-refractivity contribution < 1.29 is 14.8 Å². The summed E-state index contributed by atoms with van der Waals surface area (Å²) in [5.74, 6) is -1.06. The van der Waals surface area contributed by atoms with Crippen LogP contribution in [-0.2, 0) is 0 Å². The number of carbonyl (C=O) groups is 1. The van der Waals surface area contributed by atoms with E-state index in [0.717, 1.165) is 5.56 Å². The second-order valence-electron chi connectivity index (χ2n) is 4.49. The third-order valence-corrected chi connectivity index (χ3v) is 3.14. The van der Waals surface area contributed by atoms with Gasteiger partial charge in [0, 0.05) is 12.1 Å². The number of nitrogens with zero attached hydrogens (tertiary/aromatic N) is 3. The summed E-state index contributed by atoms with van der Waals surface area (Å²) in [4.78, 5) is 21.5. The molecule has 1 N–H and O–H groups in total. The van der Waals surface area contributed by atoms with E-state index in [1.807, 2.05) is 0 Å². The zero-order valence-electron chi connectivity index (χ0n) is 11.2. The van der Waals surface area contributed by atoms with E-state index in [9.17, 15) is 14.9 Å². The Labute approximate surface area is 114 Å². The minimum Gasteiger partial charge on any atom is -0.478 e. The highest BCUT2D eigenvalue weighted by Gasteiger charge is 2.20. The molecule has 0 radical (unpaired) electrons. The van der Waals surface area contributed by atoms with Gasteiger partial charge < -0.3 is 5.11 Å². The van der Waals surface area contributed by atoms with Crippen molar-refractivity contribution in [3.05, 3.63) is 50.8 Å². The summed E-state index contributed by atoms with van der Waals surface area (Å²) in [6.45, 7) is 5.01. The topological polar surface area (TPSA) is 98.3 Å². The van der Waals surface area contributed by atoms with Gasteiger partial charge in [0.15, 0.2) is 0 Å². The van der Waals surface area contributed by atoms with E-state index >= 15 is 0 Å². The van der Waals surface area contributed by atoms with Crippen molar-refractivity contribution in [2.24, 2.45) is 0 Å². The van der Waals surface area contributed by atoms with Gasteiger partial charge in [-0.25, -0.2) is 9.48 Å². The van der Waals surface area contributed by atoms with Crippen LogP contribution in [0, 0.1) is 30.9 Å². The van der Waals surface area contributed by atoms with Crippen molar-refractivity contribution in [3.63, 3.8) is 0 Å². The first-order valence-electron chi connectivity index (χ1n) is 5.88. The molecule has 20 heavy (non-hydrogen) atoms. The van der Waals surface area contributed by atoms with Gasteiger partial charge >= 0.3 is 5.97 Å². The second-order valence-corrected chi connectivity index (χ2v) is 4.49. The van der Waals surface area contributed by atoms with Crippen LogP contribution in [0.15, 0.2) is 18.2 Å². The van der Waals surface area contributed by atoms with Crippen molar-refractivity contribution in [3.8, 4) is 5.69 Å². The van der Waals surface area contributed by atoms with Crippen LogP contribution in [0.4, 0.5) is 5.69 Å². The first-order chi connectivity index (χ1) is 9.32. The molecule has 0 saturated heterocycles. The molecule has 0 aliphatic rings. The summed E-state index contributed by atoms with van der Waals surface area (Å²) in [7, 11) is 0. The number of nitro groups is 1. The number of hydrogen-bond donors (Lipinski definition) is 1. The summed E-state index contributed by atoms with van der Waals surface area (Å²) in [6.07, 6.45) is 0. The minimum atomic E-state index is -1.06. The maximum Gasteiger partial charge on any atom is 0.339 e. The summed E-state index contributed by atoms with van der Waals surface area (Å²) >= 11 is 0. The van der Waals surface area contributed by atoms with Gasteiger partial charge in [-0.15, -0.1) is 0 Å². The molecular formula is C13H13N3O4. The van der Waals surface area contributed by atoms with Crippen LogP contribution in [0.1, 0.15) is 27.3 Å². The zero-order chi connectivity index (χ0) is 15.0. The van der Waals surface area contributed by atoms with E-state index in [1.54, 1.807) is 26.8 Å². The number of aryl methyl sites for hydroxylation is 2. The Kier molecular flexibility index (Phi) is 3.27. The number of aromatic carboxylic acids is 1. The Morgan fingerprint density at radius 2 is 2.00 bits per heavy atom. The number of carboxylic acids is 1. The Bertz CT molecular complexity index is 719. The van der Waals surface area contributed by atoms with Gasteiger partial charge in [0.05, 0.1) is 22.0 Å². The van der Waals surface area contributed by atoms with Gasteiger partial charge in [0.1, 0.15) is 5.56 Å². The molecule has 0 amide bonds. The zero-order valence-corrected chi connectivity index (χ0v) is 11.2. The van der Waals surface area contributed by atoms with E-state index in [0.29, 0.717) is 17.1 Å². The predicted octanol–water partition coefficient (Wildman–Crippen LogP) is 2.40. The lowest BCUT2D eigenvalue weighted by Crippen LogP contribution is -2.04. The number of hydrogen-bond acceptors (Lipinski definition) is 4. The van der Waals surface area contributed by atoms with E-state index in [1.165, 1.54) is 16.8 Å². The van der Waals surface area contributed by atoms with Gasteiger partial charge in [-0.05, 0) is 26.3 Å². The van der Waals surface area contributed by atoms with Crippen molar-refractivity contribution in [2.45, 2.75) is 20.8 Å². The number of aromatic nitrogens is 2. The average molecular weight is 275 g/mol. The fraction of sp³-hybridized carbons (Fsp3) is 0.231. The van der Waals surface area contributed by atoms with E-state index in [2.05, 4.69) is 5.10 Å². The molecule has 0 bridgehead atoms. The lowest BCUT2D eigenvalue weighted by Gasteiger charge is -2.08. The van der Waals surface area contributed by atoms with Crippen LogP contribution < -0.4 is 0 Å². The first kappa shape index (κ1) is 13.7. The molecule has 0 fully saturated rings. The van der Waals surface area contributed by atoms with Gasteiger partial charge in [-0.2, -0.15) is 5.10 Å². The molecular weight excluding hydrogens is 262 g/mol. The first-order valence-corrected chi connectivity index (χ1v) is 5.88. The minimum absolute atomic E-state index is 0.0602. The number of non-ortho nitro benzene ring substituents is 1. The summed E-state index contributed by atoms with van der Waals surface area (Å²) in [5.41, 5.74) is 2.16. The molecule has 1 aromatic heterocycles. The third-order valence-electron chi connectivity index (χ3n) is 3.14. The molecule has 0 atom stereocenters. The largest absolute Gasteiger partial charge is 0.478 e. The number of carboxylic acid groups (broad SMARTS) is 1. The van der Waals surface area contributed by atoms with E-state index in [4.69, 9.17) is 5.11 Å². The van der Waals surface area contributed by atoms with E-state index in [-0.39, 0.29) is 11.3 Å². The molecule has 0 unspecified atom stereocenters. The lowest BCUT2D eigenvalue weighted by atomic mass is 10.1. The smallest absolute Gasteiger partial charge is 0.339 e. The Hall–Kier alpha value is -2.70. The quantitative estimate of drug-likeness (QED) is 0.685. The fourth-order valence-corrected chi connectivity index (χ4v) is 2.13. The summed E-state index contributed by atoms with van der Waals surface area (Å²) in [6, 6.07) is 4.41. The summed E-state index contributed by atoms with van der Waals surface area (Å²) < 4.78 is 1.43. The monoisotopic (exact) mass is 275 g/mol. The van der Waals surface area contributed by atoms with Crippen LogP contribution in [0.5, 0.6) is 0 Å². The van der Waals surface area contributed by atoms with Crippen LogP contribution in [0.3, 0.4) is 0 Å². The average Bonchev–Trinajstić information content (AvgIpc) is 2.64. The Balaban J connectivity index is 2.69. The molecule has 0 aliphatic carbocycles. The molecule has 7 heteroatoms. The molecule has 2 rings (SSSR count). The van der Waals surface area contributed by atoms with Crippen molar-refractivity contribution >= 4 is 11.7 Å². The normalized spacial score (nSPS) is 10.6. The van der Waals surface area contributed by atoms with Crippen LogP contribution in [-0.4, -0.2) is 25.8 Å². The molecule has 104 valence electrons. The second kappa shape index (κ2) is 4.76. The molecule has 0 spiro atoms. The maximum absolute atomic E-state index is 11.2. The predicted molar refractivity (Wildman–Crippen MR) is 71.4 cm³/mol. The highest BCUT2D eigenvalue weighted by atomic mass is 16.6. The number of rotatable bonds is 3.